The molecule has 1 aromatic rings. The molecule has 1 amide bonds. The Morgan fingerprint density at radius 2 is 1.94 bits per heavy atom. The van der Waals surface area contributed by atoms with E-state index >= 15 is 0 Å². The van der Waals surface area contributed by atoms with Gasteiger partial charge in [0.25, 0.3) is 15.0 Å². The summed E-state index contributed by atoms with van der Waals surface area (Å²) in [6, 6.07) is 5.78. The molecule has 0 atom stereocenters. The molecule has 0 saturated heterocycles. The second-order valence-corrected chi connectivity index (χ2v) is 6.52. The predicted octanol–water partition coefficient (Wildman–Crippen LogP) is 2.53. The quantitative estimate of drug-likeness (QED) is 0.847. The number of hydrogen-bond donors (Lipinski definition) is 1. The molecule has 0 aliphatic rings. The summed E-state index contributed by atoms with van der Waals surface area (Å²) < 4.78 is 22.4. The molecule has 6 heteroatoms. The minimum Gasteiger partial charge on any atom is -0.349 e. The fourth-order valence-electron chi connectivity index (χ4n) is 1.55. The van der Waals surface area contributed by atoms with E-state index in [0.717, 1.165) is 12.8 Å². The highest BCUT2D eigenvalue weighted by molar-refractivity contribution is 8.13. The maximum Gasteiger partial charge on any atom is 0.261 e. The van der Waals surface area contributed by atoms with Gasteiger partial charge in [0.05, 0.1) is 4.90 Å². The zero-order valence-corrected chi connectivity index (χ0v) is 11.9. The smallest absolute Gasteiger partial charge is 0.261 e. The Hall–Kier alpha value is -1.07. The molecule has 4 nitrogen and oxygen atoms in total. The molecule has 0 saturated carbocycles. The number of nitrogens with one attached hydrogen (secondary N) is 1. The molecule has 100 valence electrons. The summed E-state index contributed by atoms with van der Waals surface area (Å²) in [6.07, 6.45) is 1.66. The van der Waals surface area contributed by atoms with Crippen molar-refractivity contribution in [2.24, 2.45) is 0 Å². The van der Waals surface area contributed by atoms with Crippen LogP contribution in [0.15, 0.2) is 29.2 Å². The Labute approximate surface area is 112 Å². The van der Waals surface area contributed by atoms with E-state index in [9.17, 15) is 13.2 Å². The lowest BCUT2D eigenvalue weighted by atomic mass is 10.1. The highest BCUT2D eigenvalue weighted by Gasteiger charge is 2.14. The first kappa shape index (κ1) is 15.0. The highest BCUT2D eigenvalue weighted by Crippen LogP contribution is 2.16. The van der Waals surface area contributed by atoms with Crippen LogP contribution in [-0.4, -0.2) is 20.4 Å². The third-order valence-corrected chi connectivity index (χ3v) is 4.05. The van der Waals surface area contributed by atoms with Crippen molar-refractivity contribution in [2.75, 3.05) is 0 Å². The Kier molecular flexibility index (Phi) is 5.16. The van der Waals surface area contributed by atoms with E-state index < -0.39 is 9.05 Å². The van der Waals surface area contributed by atoms with Gasteiger partial charge in [0, 0.05) is 22.3 Å². The number of benzene rings is 1. The molecule has 0 fully saturated rings. The van der Waals surface area contributed by atoms with Crippen LogP contribution in [0.3, 0.4) is 0 Å². The van der Waals surface area contributed by atoms with Crippen molar-refractivity contribution in [3.05, 3.63) is 29.8 Å². The van der Waals surface area contributed by atoms with Gasteiger partial charge in [-0.1, -0.05) is 19.9 Å². The predicted molar refractivity (Wildman–Crippen MR) is 71.3 cm³/mol. The monoisotopic (exact) mass is 289 g/mol. The molecule has 0 unspecified atom stereocenters. The highest BCUT2D eigenvalue weighted by atomic mass is 35.7. The number of rotatable bonds is 5. The van der Waals surface area contributed by atoms with E-state index in [4.69, 9.17) is 10.7 Å². The third-order valence-electron chi connectivity index (χ3n) is 2.70. The maximum absolute atomic E-state index is 11.9. The Bertz CT molecular complexity index is 524. The van der Waals surface area contributed by atoms with E-state index in [1.807, 2.05) is 13.8 Å². The molecule has 18 heavy (non-hydrogen) atoms. The standard InChI is InChI=1S/C12H16ClNO3S/c1-3-10(4-2)14-12(15)9-6-5-7-11(8-9)18(13,16)17/h5-8,10H,3-4H2,1-2H3,(H,14,15). The van der Waals surface area contributed by atoms with Gasteiger partial charge in [-0.05, 0) is 31.0 Å². The summed E-state index contributed by atoms with van der Waals surface area (Å²) in [5, 5.41) is 2.83. The molecule has 0 heterocycles. The van der Waals surface area contributed by atoms with Gasteiger partial charge >= 0.3 is 0 Å². The minimum atomic E-state index is -3.81. The zero-order valence-electron chi connectivity index (χ0n) is 10.3. The van der Waals surface area contributed by atoms with Gasteiger partial charge in [0.1, 0.15) is 0 Å². The number of amides is 1. The van der Waals surface area contributed by atoms with Crippen LogP contribution >= 0.6 is 10.7 Å². The molecule has 0 aliphatic heterocycles. The second kappa shape index (κ2) is 6.20. The number of carbonyl (C=O) groups excluding carboxylic acids is 1. The zero-order chi connectivity index (χ0) is 13.8. The van der Waals surface area contributed by atoms with Crippen molar-refractivity contribution in [3.8, 4) is 0 Å². The number of halogens is 1. The van der Waals surface area contributed by atoms with Crippen LogP contribution in [0.5, 0.6) is 0 Å². The van der Waals surface area contributed by atoms with Crippen LogP contribution in [0.2, 0.25) is 0 Å². The normalized spacial score (nSPS) is 11.6. The van der Waals surface area contributed by atoms with Gasteiger partial charge in [-0.2, -0.15) is 0 Å². The lowest BCUT2D eigenvalue weighted by Gasteiger charge is -2.14. The molecule has 0 bridgehead atoms. The molecule has 1 N–H and O–H groups in total. The topological polar surface area (TPSA) is 63.2 Å². The summed E-state index contributed by atoms with van der Waals surface area (Å²) in [4.78, 5) is 11.8. The van der Waals surface area contributed by atoms with Gasteiger partial charge in [-0.25, -0.2) is 8.42 Å². The molecular weight excluding hydrogens is 274 g/mol. The van der Waals surface area contributed by atoms with Crippen molar-refractivity contribution in [1.82, 2.24) is 5.32 Å². The average Bonchev–Trinajstić information content (AvgIpc) is 2.34. The SMILES string of the molecule is CCC(CC)NC(=O)c1cccc(S(=O)(=O)Cl)c1. The summed E-state index contributed by atoms with van der Waals surface area (Å²) in [6.45, 7) is 3.96. The number of carbonyl (C=O) groups is 1. The van der Waals surface area contributed by atoms with Crippen LogP contribution in [0.1, 0.15) is 37.0 Å². The second-order valence-electron chi connectivity index (χ2n) is 3.95. The van der Waals surface area contributed by atoms with Crippen molar-refractivity contribution in [2.45, 2.75) is 37.6 Å². The lowest BCUT2D eigenvalue weighted by Crippen LogP contribution is -2.33. The van der Waals surface area contributed by atoms with E-state index in [-0.39, 0.29) is 16.8 Å². The first-order valence-corrected chi connectivity index (χ1v) is 8.05. The van der Waals surface area contributed by atoms with E-state index in [2.05, 4.69) is 5.32 Å². The molecular formula is C12H16ClNO3S. The van der Waals surface area contributed by atoms with Crippen LogP contribution in [0.25, 0.3) is 0 Å². The summed E-state index contributed by atoms with van der Waals surface area (Å²) in [5.74, 6) is -0.286. The van der Waals surface area contributed by atoms with E-state index in [1.54, 1.807) is 6.07 Å². The third kappa shape index (κ3) is 3.99. The Balaban J connectivity index is 2.94. The van der Waals surface area contributed by atoms with Crippen LogP contribution in [0, 0.1) is 0 Å². The van der Waals surface area contributed by atoms with Crippen molar-refractivity contribution < 1.29 is 13.2 Å². The molecule has 1 rings (SSSR count). The van der Waals surface area contributed by atoms with Gasteiger partial charge in [-0.15, -0.1) is 0 Å². The van der Waals surface area contributed by atoms with E-state index in [1.165, 1.54) is 18.2 Å². The molecule has 0 radical (unpaired) electrons. The first-order valence-electron chi connectivity index (χ1n) is 5.74. The van der Waals surface area contributed by atoms with Gasteiger partial charge in [-0.3, -0.25) is 4.79 Å². The van der Waals surface area contributed by atoms with Crippen LogP contribution in [-0.2, 0) is 9.05 Å². The molecule has 0 aromatic heterocycles. The molecule has 1 aromatic carbocycles. The van der Waals surface area contributed by atoms with Crippen molar-refractivity contribution >= 4 is 25.6 Å². The van der Waals surface area contributed by atoms with Crippen molar-refractivity contribution in [1.29, 1.82) is 0 Å². The molecule has 0 aliphatic carbocycles. The maximum atomic E-state index is 11.9. The summed E-state index contributed by atoms with van der Waals surface area (Å²) in [5.41, 5.74) is 0.295. The van der Waals surface area contributed by atoms with Gasteiger partial charge in [0.15, 0.2) is 0 Å². The Morgan fingerprint density at radius 3 is 2.44 bits per heavy atom. The van der Waals surface area contributed by atoms with Gasteiger partial charge in [0.2, 0.25) is 0 Å². The largest absolute Gasteiger partial charge is 0.349 e. The lowest BCUT2D eigenvalue weighted by molar-refractivity contribution is 0.0934. The van der Waals surface area contributed by atoms with Crippen LogP contribution in [0.4, 0.5) is 0 Å². The minimum absolute atomic E-state index is 0.0682. The van der Waals surface area contributed by atoms with Crippen molar-refractivity contribution in [3.63, 3.8) is 0 Å². The Morgan fingerprint density at radius 1 is 1.33 bits per heavy atom. The first-order chi connectivity index (χ1) is 8.38. The fourth-order valence-corrected chi connectivity index (χ4v) is 2.35. The van der Waals surface area contributed by atoms with Gasteiger partial charge < -0.3 is 5.32 Å². The number of hydrogen-bond acceptors (Lipinski definition) is 3. The summed E-state index contributed by atoms with van der Waals surface area (Å²) in [7, 11) is 1.43. The average molecular weight is 290 g/mol. The van der Waals surface area contributed by atoms with E-state index in [0.29, 0.717) is 5.56 Å². The fraction of sp³-hybridized carbons (Fsp3) is 0.417. The summed E-state index contributed by atoms with van der Waals surface area (Å²) >= 11 is 0. The van der Waals surface area contributed by atoms with Crippen LogP contribution < -0.4 is 5.32 Å². The molecule has 0 spiro atoms.